The van der Waals surface area contributed by atoms with Crippen molar-refractivity contribution in [2.24, 2.45) is 11.7 Å². The Morgan fingerprint density at radius 3 is 2.29 bits per heavy atom. The third-order valence-electron chi connectivity index (χ3n) is 2.23. The van der Waals surface area contributed by atoms with Crippen LogP contribution in [0.3, 0.4) is 0 Å². The molecule has 0 amide bonds. The van der Waals surface area contributed by atoms with Gasteiger partial charge < -0.3 is 5.73 Å². The molecule has 0 heterocycles. The fourth-order valence-electron chi connectivity index (χ4n) is 1.26. The van der Waals surface area contributed by atoms with Gasteiger partial charge in [-0.1, -0.05) is 26.0 Å². The third-order valence-corrected chi connectivity index (χ3v) is 2.23. The molecule has 1 rings (SSSR count). The topological polar surface area (TPSA) is 26.0 Å². The lowest BCUT2D eigenvalue weighted by Crippen LogP contribution is -2.18. The summed E-state index contributed by atoms with van der Waals surface area (Å²) in [6, 6.07) is 4.98. The van der Waals surface area contributed by atoms with Gasteiger partial charge in [0.15, 0.2) is 0 Å². The Morgan fingerprint density at radius 1 is 1.29 bits per heavy atom. The lowest BCUT2D eigenvalue weighted by molar-refractivity contribution is 0.484. The van der Waals surface area contributed by atoms with E-state index in [1.165, 1.54) is 6.07 Å². The Morgan fingerprint density at radius 2 is 1.86 bits per heavy atom. The zero-order chi connectivity index (χ0) is 10.0. The highest BCUT2D eigenvalue weighted by Gasteiger charge is 2.14. The summed E-state index contributed by atoms with van der Waals surface area (Å²) in [5.41, 5.74) is 7.39. The summed E-state index contributed by atoms with van der Waals surface area (Å²) in [5.74, 6) is 0.0680. The molecular weight excluding hydrogens is 201 g/mol. The highest BCUT2D eigenvalue weighted by Crippen LogP contribution is 2.22. The lowest BCUT2D eigenvalue weighted by Gasteiger charge is -2.16. The van der Waals surface area contributed by atoms with Gasteiger partial charge in [-0.3, -0.25) is 0 Å². The zero-order valence-electron chi connectivity index (χ0n) is 8.75. The van der Waals surface area contributed by atoms with E-state index in [9.17, 15) is 4.39 Å². The van der Waals surface area contributed by atoms with Crippen molar-refractivity contribution in [2.45, 2.75) is 26.8 Å². The number of benzene rings is 1. The van der Waals surface area contributed by atoms with E-state index in [4.69, 9.17) is 5.73 Å². The van der Waals surface area contributed by atoms with Crippen molar-refractivity contribution in [3.63, 3.8) is 0 Å². The molecule has 0 aliphatic heterocycles. The molecule has 0 fully saturated rings. The molecule has 0 spiro atoms. The van der Waals surface area contributed by atoms with Crippen molar-refractivity contribution in [3.05, 3.63) is 35.1 Å². The van der Waals surface area contributed by atoms with Gasteiger partial charge in [-0.25, -0.2) is 4.39 Å². The largest absolute Gasteiger partial charge is 0.324 e. The monoisotopic (exact) mass is 217 g/mol. The molecule has 0 saturated carbocycles. The molecule has 1 nitrogen and oxygen atoms in total. The van der Waals surface area contributed by atoms with E-state index in [2.05, 4.69) is 0 Å². The van der Waals surface area contributed by atoms with Gasteiger partial charge >= 0.3 is 0 Å². The summed E-state index contributed by atoms with van der Waals surface area (Å²) in [5, 5.41) is 0. The molecule has 80 valence electrons. The lowest BCUT2D eigenvalue weighted by atomic mass is 9.96. The van der Waals surface area contributed by atoms with Gasteiger partial charge in [-0.2, -0.15) is 0 Å². The Hall–Kier alpha value is -0.600. The predicted octanol–water partition coefficient (Wildman–Crippen LogP) is 3.21. The maximum absolute atomic E-state index is 13.4. The Labute approximate surface area is 90.9 Å². The summed E-state index contributed by atoms with van der Waals surface area (Å²) >= 11 is 0. The molecule has 0 aromatic heterocycles. The fraction of sp³-hybridized carbons (Fsp3) is 0.455. The normalized spacial score (nSPS) is 12.4. The number of hydrogen-bond donors (Lipinski definition) is 1. The van der Waals surface area contributed by atoms with E-state index in [1.54, 1.807) is 6.07 Å². The average molecular weight is 218 g/mol. The van der Waals surface area contributed by atoms with E-state index < -0.39 is 0 Å². The van der Waals surface area contributed by atoms with Crippen LogP contribution in [0, 0.1) is 18.7 Å². The number of nitrogens with two attached hydrogens (primary N) is 1. The van der Waals surface area contributed by atoms with E-state index in [1.807, 2.05) is 26.8 Å². The fourth-order valence-corrected chi connectivity index (χ4v) is 1.26. The molecule has 0 bridgehead atoms. The van der Waals surface area contributed by atoms with Crippen LogP contribution < -0.4 is 5.73 Å². The van der Waals surface area contributed by atoms with Gasteiger partial charge in [0.1, 0.15) is 5.82 Å². The van der Waals surface area contributed by atoms with Crippen LogP contribution in [-0.4, -0.2) is 0 Å². The zero-order valence-corrected chi connectivity index (χ0v) is 9.57. The Bertz CT molecular complexity index is 299. The summed E-state index contributed by atoms with van der Waals surface area (Å²) < 4.78 is 13.4. The van der Waals surface area contributed by atoms with Gasteiger partial charge in [0, 0.05) is 11.6 Å². The van der Waals surface area contributed by atoms with Crippen molar-refractivity contribution in [3.8, 4) is 0 Å². The van der Waals surface area contributed by atoms with Crippen LogP contribution in [0.15, 0.2) is 18.2 Å². The van der Waals surface area contributed by atoms with Crippen LogP contribution in [0.25, 0.3) is 0 Å². The number of halogens is 2. The first-order valence-corrected chi connectivity index (χ1v) is 4.54. The highest BCUT2D eigenvalue weighted by molar-refractivity contribution is 5.85. The molecule has 1 aromatic carbocycles. The van der Waals surface area contributed by atoms with E-state index >= 15 is 0 Å². The van der Waals surface area contributed by atoms with Gasteiger partial charge in [0.2, 0.25) is 0 Å². The van der Waals surface area contributed by atoms with Crippen LogP contribution in [0.4, 0.5) is 4.39 Å². The second kappa shape index (κ2) is 5.32. The van der Waals surface area contributed by atoms with E-state index in [-0.39, 0.29) is 30.2 Å². The number of rotatable bonds is 2. The average Bonchev–Trinajstić information content (AvgIpc) is 2.03. The molecular formula is C11H17ClFN. The quantitative estimate of drug-likeness (QED) is 0.809. The van der Waals surface area contributed by atoms with Gasteiger partial charge in [0.25, 0.3) is 0 Å². The van der Waals surface area contributed by atoms with Crippen LogP contribution in [0.5, 0.6) is 0 Å². The van der Waals surface area contributed by atoms with Crippen molar-refractivity contribution < 1.29 is 4.39 Å². The minimum Gasteiger partial charge on any atom is -0.324 e. The maximum atomic E-state index is 13.4. The first-order chi connectivity index (χ1) is 6.02. The molecule has 0 radical (unpaired) electrons. The van der Waals surface area contributed by atoms with Crippen molar-refractivity contribution in [1.82, 2.24) is 0 Å². The molecule has 3 heteroatoms. The van der Waals surface area contributed by atoms with Crippen molar-refractivity contribution in [2.75, 3.05) is 0 Å². The molecule has 1 atom stereocenters. The number of hydrogen-bond acceptors (Lipinski definition) is 1. The summed E-state index contributed by atoms with van der Waals surface area (Å²) in [4.78, 5) is 0. The van der Waals surface area contributed by atoms with Crippen LogP contribution in [-0.2, 0) is 0 Å². The molecule has 0 unspecified atom stereocenters. The molecule has 0 saturated heterocycles. The molecule has 0 aliphatic carbocycles. The SMILES string of the molecule is Cc1ccc([C@H](N)C(C)C)c(F)c1.Cl. The first-order valence-electron chi connectivity index (χ1n) is 4.54. The second-order valence-corrected chi connectivity index (χ2v) is 3.79. The second-order valence-electron chi connectivity index (χ2n) is 3.79. The van der Waals surface area contributed by atoms with Crippen LogP contribution in [0.2, 0.25) is 0 Å². The van der Waals surface area contributed by atoms with Crippen molar-refractivity contribution >= 4 is 12.4 Å². The van der Waals surface area contributed by atoms with Crippen LogP contribution in [0.1, 0.15) is 31.0 Å². The van der Waals surface area contributed by atoms with Gasteiger partial charge in [0.05, 0.1) is 0 Å². The highest BCUT2D eigenvalue weighted by atomic mass is 35.5. The number of aryl methyl sites for hydroxylation is 1. The molecule has 2 N–H and O–H groups in total. The molecule has 1 aromatic rings. The minimum absolute atomic E-state index is 0. The Kier molecular flexibility index (Phi) is 5.09. The van der Waals surface area contributed by atoms with Crippen LogP contribution >= 0.6 is 12.4 Å². The minimum atomic E-state index is -0.208. The Balaban J connectivity index is 0.00000169. The van der Waals surface area contributed by atoms with Gasteiger partial charge in [-0.15, -0.1) is 12.4 Å². The predicted molar refractivity (Wildman–Crippen MR) is 60.2 cm³/mol. The standard InChI is InChI=1S/C11H16FN.ClH/c1-7(2)11(13)9-5-4-8(3)6-10(9)12;/h4-7,11H,13H2,1-3H3;1H/t11-;/m1./s1. The summed E-state index contributed by atoms with van der Waals surface area (Å²) in [6.45, 7) is 5.85. The summed E-state index contributed by atoms with van der Waals surface area (Å²) in [6.07, 6.45) is 0. The molecule has 0 aliphatic rings. The maximum Gasteiger partial charge on any atom is 0.128 e. The van der Waals surface area contributed by atoms with E-state index in [0.29, 0.717) is 5.56 Å². The van der Waals surface area contributed by atoms with Crippen molar-refractivity contribution in [1.29, 1.82) is 0 Å². The molecule has 14 heavy (non-hydrogen) atoms. The van der Waals surface area contributed by atoms with E-state index in [0.717, 1.165) is 5.56 Å². The smallest absolute Gasteiger partial charge is 0.128 e. The first kappa shape index (κ1) is 13.4. The van der Waals surface area contributed by atoms with Gasteiger partial charge in [-0.05, 0) is 24.5 Å². The third kappa shape index (κ3) is 2.96. The summed E-state index contributed by atoms with van der Waals surface area (Å²) in [7, 11) is 0.